The molecule has 0 unspecified atom stereocenters. The molecule has 2 rings (SSSR count). The van der Waals surface area contributed by atoms with Crippen molar-refractivity contribution in [1.82, 2.24) is 15.1 Å². The lowest BCUT2D eigenvalue weighted by molar-refractivity contribution is 0.403. The number of aromatic nitrogens is 2. The van der Waals surface area contributed by atoms with E-state index in [1.54, 1.807) is 0 Å². The van der Waals surface area contributed by atoms with Crippen molar-refractivity contribution in [3.05, 3.63) is 42.1 Å². The first kappa shape index (κ1) is 9.93. The maximum atomic E-state index is 4.10. The van der Waals surface area contributed by atoms with Gasteiger partial charge in [-0.2, -0.15) is 5.10 Å². The van der Waals surface area contributed by atoms with E-state index in [2.05, 4.69) is 41.3 Å². The van der Waals surface area contributed by atoms with Crippen molar-refractivity contribution in [3.63, 3.8) is 0 Å². The van der Waals surface area contributed by atoms with Crippen LogP contribution in [-0.4, -0.2) is 29.2 Å². The summed E-state index contributed by atoms with van der Waals surface area (Å²) in [4.78, 5) is 2.14. The van der Waals surface area contributed by atoms with Gasteiger partial charge in [-0.15, -0.1) is 0 Å². The third kappa shape index (κ3) is 2.25. The molecule has 0 saturated heterocycles. The van der Waals surface area contributed by atoms with Crippen LogP contribution in [0.25, 0.3) is 11.3 Å². The molecule has 3 nitrogen and oxygen atoms in total. The summed E-state index contributed by atoms with van der Waals surface area (Å²) in [6.07, 6.45) is 1.89. The molecule has 0 aliphatic rings. The zero-order valence-corrected chi connectivity index (χ0v) is 9.07. The molecule has 2 aromatic rings. The lowest BCUT2D eigenvalue weighted by Crippen LogP contribution is -2.10. The fraction of sp³-hybridized carbons (Fsp3) is 0.250. The van der Waals surface area contributed by atoms with Crippen LogP contribution in [-0.2, 0) is 6.54 Å². The Hall–Kier alpha value is -1.61. The van der Waals surface area contributed by atoms with Gasteiger partial charge < -0.3 is 4.90 Å². The largest absolute Gasteiger partial charge is 0.305 e. The lowest BCUT2D eigenvalue weighted by atomic mass is 10.1. The fourth-order valence-electron chi connectivity index (χ4n) is 1.63. The zero-order valence-electron chi connectivity index (χ0n) is 9.07. The molecule has 0 aliphatic carbocycles. The summed E-state index contributed by atoms with van der Waals surface area (Å²) in [6.45, 7) is 0.903. The van der Waals surface area contributed by atoms with Crippen LogP contribution in [0.4, 0.5) is 0 Å². The van der Waals surface area contributed by atoms with E-state index in [1.165, 1.54) is 11.1 Å². The first-order valence-corrected chi connectivity index (χ1v) is 5.00. The molecular formula is C12H15N3. The highest BCUT2D eigenvalue weighted by atomic mass is 15.1. The topological polar surface area (TPSA) is 31.9 Å². The number of H-pyrrole nitrogens is 1. The second-order valence-corrected chi connectivity index (χ2v) is 3.87. The number of aromatic amines is 1. The molecule has 0 saturated carbocycles. The highest BCUT2D eigenvalue weighted by Crippen LogP contribution is 2.20. The number of benzene rings is 1. The number of rotatable bonds is 3. The van der Waals surface area contributed by atoms with E-state index in [0.29, 0.717) is 0 Å². The van der Waals surface area contributed by atoms with Gasteiger partial charge in [0.2, 0.25) is 0 Å². The molecule has 78 valence electrons. The predicted octanol–water partition coefficient (Wildman–Crippen LogP) is 2.14. The first-order valence-electron chi connectivity index (χ1n) is 5.00. The van der Waals surface area contributed by atoms with E-state index in [1.807, 2.05) is 24.4 Å². The van der Waals surface area contributed by atoms with E-state index in [0.717, 1.165) is 12.2 Å². The van der Waals surface area contributed by atoms with Crippen LogP contribution >= 0.6 is 0 Å². The fourth-order valence-corrected chi connectivity index (χ4v) is 1.63. The molecule has 1 aromatic heterocycles. The molecule has 0 amide bonds. The van der Waals surface area contributed by atoms with Crippen molar-refractivity contribution in [2.24, 2.45) is 0 Å². The second-order valence-electron chi connectivity index (χ2n) is 3.87. The minimum Gasteiger partial charge on any atom is -0.305 e. The molecule has 0 atom stereocenters. The van der Waals surface area contributed by atoms with Crippen LogP contribution in [0.1, 0.15) is 5.56 Å². The monoisotopic (exact) mass is 201 g/mol. The van der Waals surface area contributed by atoms with Gasteiger partial charge >= 0.3 is 0 Å². The standard InChI is InChI=1S/C12H15N3/c1-15(2)9-11-8-13-14-12(11)10-6-4-3-5-7-10/h3-8H,9H2,1-2H3,(H,13,14). The Morgan fingerprint density at radius 2 is 1.93 bits per heavy atom. The molecule has 0 radical (unpaired) electrons. The van der Waals surface area contributed by atoms with Crippen LogP contribution in [0.15, 0.2) is 36.5 Å². The molecule has 0 fully saturated rings. The average Bonchev–Trinajstić information content (AvgIpc) is 2.66. The maximum absolute atomic E-state index is 4.10. The van der Waals surface area contributed by atoms with Gasteiger partial charge in [0.25, 0.3) is 0 Å². The maximum Gasteiger partial charge on any atom is 0.0695 e. The normalized spacial score (nSPS) is 10.9. The third-order valence-electron chi connectivity index (χ3n) is 2.27. The smallest absolute Gasteiger partial charge is 0.0695 e. The Morgan fingerprint density at radius 1 is 1.20 bits per heavy atom. The molecule has 3 heteroatoms. The van der Waals surface area contributed by atoms with Gasteiger partial charge in [-0.05, 0) is 19.7 Å². The van der Waals surface area contributed by atoms with Crippen molar-refractivity contribution < 1.29 is 0 Å². The quantitative estimate of drug-likeness (QED) is 0.825. The van der Waals surface area contributed by atoms with Crippen LogP contribution in [0.2, 0.25) is 0 Å². The lowest BCUT2D eigenvalue weighted by Gasteiger charge is -2.09. The Morgan fingerprint density at radius 3 is 2.60 bits per heavy atom. The van der Waals surface area contributed by atoms with Gasteiger partial charge in [-0.3, -0.25) is 5.10 Å². The second kappa shape index (κ2) is 4.28. The van der Waals surface area contributed by atoms with Gasteiger partial charge in [0.1, 0.15) is 0 Å². The van der Waals surface area contributed by atoms with Gasteiger partial charge in [-0.1, -0.05) is 30.3 Å². The van der Waals surface area contributed by atoms with E-state index in [-0.39, 0.29) is 0 Å². The van der Waals surface area contributed by atoms with E-state index >= 15 is 0 Å². The summed E-state index contributed by atoms with van der Waals surface area (Å²) in [7, 11) is 4.11. The summed E-state index contributed by atoms with van der Waals surface area (Å²) in [5.41, 5.74) is 3.53. The number of nitrogens with one attached hydrogen (secondary N) is 1. The van der Waals surface area contributed by atoms with Crippen LogP contribution in [0.3, 0.4) is 0 Å². The highest BCUT2D eigenvalue weighted by molar-refractivity contribution is 5.62. The molecule has 1 heterocycles. The molecular weight excluding hydrogens is 186 g/mol. The summed E-state index contributed by atoms with van der Waals surface area (Å²) in [6, 6.07) is 10.3. The van der Waals surface area contributed by atoms with Gasteiger partial charge in [0.05, 0.1) is 11.9 Å². The average molecular weight is 201 g/mol. The van der Waals surface area contributed by atoms with E-state index in [9.17, 15) is 0 Å². The Labute approximate surface area is 89.7 Å². The van der Waals surface area contributed by atoms with Gasteiger partial charge in [-0.25, -0.2) is 0 Å². The van der Waals surface area contributed by atoms with Crippen LogP contribution in [0.5, 0.6) is 0 Å². The summed E-state index contributed by atoms with van der Waals surface area (Å²) < 4.78 is 0. The number of hydrogen-bond donors (Lipinski definition) is 1. The van der Waals surface area contributed by atoms with Crippen molar-refractivity contribution in [3.8, 4) is 11.3 Å². The third-order valence-corrected chi connectivity index (χ3v) is 2.27. The van der Waals surface area contributed by atoms with Crippen molar-refractivity contribution >= 4 is 0 Å². The van der Waals surface area contributed by atoms with Gasteiger partial charge in [0.15, 0.2) is 0 Å². The van der Waals surface area contributed by atoms with Crippen LogP contribution in [0, 0.1) is 0 Å². The molecule has 0 spiro atoms. The Kier molecular flexibility index (Phi) is 2.83. The van der Waals surface area contributed by atoms with Crippen molar-refractivity contribution in [2.75, 3.05) is 14.1 Å². The van der Waals surface area contributed by atoms with Crippen molar-refractivity contribution in [1.29, 1.82) is 0 Å². The molecule has 1 aromatic carbocycles. The van der Waals surface area contributed by atoms with Gasteiger partial charge in [0, 0.05) is 12.1 Å². The first-order chi connectivity index (χ1) is 7.27. The van der Waals surface area contributed by atoms with E-state index < -0.39 is 0 Å². The summed E-state index contributed by atoms with van der Waals surface area (Å²) in [5.74, 6) is 0. The van der Waals surface area contributed by atoms with Crippen LogP contribution < -0.4 is 0 Å². The summed E-state index contributed by atoms with van der Waals surface area (Å²) in [5, 5.41) is 7.15. The van der Waals surface area contributed by atoms with Crippen molar-refractivity contribution in [2.45, 2.75) is 6.54 Å². The minimum atomic E-state index is 0.903. The Bertz CT molecular complexity index is 417. The Balaban J connectivity index is 2.33. The minimum absolute atomic E-state index is 0.903. The molecule has 15 heavy (non-hydrogen) atoms. The zero-order chi connectivity index (χ0) is 10.7. The summed E-state index contributed by atoms with van der Waals surface area (Å²) >= 11 is 0. The molecule has 0 aliphatic heterocycles. The predicted molar refractivity (Wildman–Crippen MR) is 61.4 cm³/mol. The SMILES string of the molecule is CN(C)Cc1cn[nH]c1-c1ccccc1. The number of nitrogens with zero attached hydrogens (tertiary/aromatic N) is 2. The molecule has 1 N–H and O–H groups in total. The highest BCUT2D eigenvalue weighted by Gasteiger charge is 2.07. The van der Waals surface area contributed by atoms with E-state index in [4.69, 9.17) is 0 Å². The molecule has 0 bridgehead atoms. The number of hydrogen-bond acceptors (Lipinski definition) is 2.